The molecule has 2 aromatic heterocycles. The molecule has 0 spiro atoms. The van der Waals surface area contributed by atoms with Crippen LogP contribution in [0.15, 0.2) is 41.5 Å². The summed E-state index contributed by atoms with van der Waals surface area (Å²) in [7, 11) is 1.77. The van der Waals surface area contributed by atoms with Gasteiger partial charge in [0, 0.05) is 13.2 Å². The molecule has 2 heterocycles. The number of imidazole rings is 1. The van der Waals surface area contributed by atoms with Crippen molar-refractivity contribution in [2.75, 3.05) is 0 Å². The van der Waals surface area contributed by atoms with E-state index >= 15 is 0 Å². The monoisotopic (exact) mass is 214 g/mol. The SMILES string of the molecule is Cn1c(=O)n(-c2cn[nH]c2)c2ccccc21. The van der Waals surface area contributed by atoms with E-state index in [4.69, 9.17) is 0 Å². The number of aromatic nitrogens is 4. The van der Waals surface area contributed by atoms with Gasteiger partial charge in [-0.25, -0.2) is 4.79 Å². The number of aromatic amines is 1. The molecule has 0 bridgehead atoms. The Morgan fingerprint density at radius 3 is 2.69 bits per heavy atom. The molecule has 0 saturated heterocycles. The highest BCUT2D eigenvalue weighted by atomic mass is 16.1. The van der Waals surface area contributed by atoms with E-state index in [1.807, 2.05) is 24.3 Å². The molecule has 3 aromatic rings. The van der Waals surface area contributed by atoms with Gasteiger partial charge in [-0.05, 0) is 12.1 Å². The van der Waals surface area contributed by atoms with Crippen molar-refractivity contribution in [3.05, 3.63) is 47.1 Å². The highest BCUT2D eigenvalue weighted by Gasteiger charge is 2.11. The number of hydrogen-bond acceptors (Lipinski definition) is 2. The Morgan fingerprint density at radius 1 is 1.25 bits per heavy atom. The van der Waals surface area contributed by atoms with Crippen molar-refractivity contribution in [3.8, 4) is 5.69 Å². The number of aryl methyl sites for hydroxylation is 1. The third-order valence-electron chi connectivity index (χ3n) is 2.70. The summed E-state index contributed by atoms with van der Waals surface area (Å²) < 4.78 is 3.27. The first-order valence-electron chi connectivity index (χ1n) is 4.94. The number of H-pyrrole nitrogens is 1. The quantitative estimate of drug-likeness (QED) is 0.658. The molecule has 0 unspecified atom stereocenters. The van der Waals surface area contributed by atoms with Gasteiger partial charge in [0.15, 0.2) is 0 Å². The zero-order valence-corrected chi connectivity index (χ0v) is 8.71. The summed E-state index contributed by atoms with van der Waals surface area (Å²) in [6.45, 7) is 0. The van der Waals surface area contributed by atoms with Gasteiger partial charge in [0.2, 0.25) is 0 Å². The van der Waals surface area contributed by atoms with Crippen molar-refractivity contribution in [1.82, 2.24) is 19.3 Å². The molecule has 0 aliphatic heterocycles. The topological polar surface area (TPSA) is 55.6 Å². The fraction of sp³-hybridized carbons (Fsp3) is 0.0909. The summed E-state index contributed by atoms with van der Waals surface area (Å²) in [6, 6.07) is 7.68. The van der Waals surface area contributed by atoms with Gasteiger partial charge in [0.1, 0.15) is 0 Å². The Labute approximate surface area is 90.9 Å². The maximum absolute atomic E-state index is 12.1. The van der Waals surface area contributed by atoms with Gasteiger partial charge in [0.05, 0.1) is 22.9 Å². The smallest absolute Gasteiger partial charge is 0.295 e. The highest BCUT2D eigenvalue weighted by Crippen LogP contribution is 2.15. The summed E-state index contributed by atoms with van der Waals surface area (Å²) in [5.74, 6) is 0. The fourth-order valence-corrected chi connectivity index (χ4v) is 1.91. The number of fused-ring (bicyclic) bond motifs is 1. The van der Waals surface area contributed by atoms with Crippen LogP contribution in [0.2, 0.25) is 0 Å². The Kier molecular flexibility index (Phi) is 1.73. The van der Waals surface area contributed by atoms with Crippen LogP contribution in [0.3, 0.4) is 0 Å². The molecular formula is C11H10N4O. The molecule has 0 aliphatic rings. The summed E-state index contributed by atoms with van der Waals surface area (Å²) in [5, 5.41) is 6.57. The van der Waals surface area contributed by atoms with Crippen molar-refractivity contribution in [1.29, 1.82) is 0 Å². The van der Waals surface area contributed by atoms with E-state index in [1.54, 1.807) is 28.6 Å². The molecule has 3 rings (SSSR count). The lowest BCUT2D eigenvalue weighted by molar-refractivity contribution is 0.846. The minimum absolute atomic E-state index is 0.0670. The minimum atomic E-state index is -0.0670. The minimum Gasteiger partial charge on any atom is -0.295 e. The average molecular weight is 214 g/mol. The van der Waals surface area contributed by atoms with E-state index in [-0.39, 0.29) is 5.69 Å². The third kappa shape index (κ3) is 1.05. The molecule has 16 heavy (non-hydrogen) atoms. The second-order valence-electron chi connectivity index (χ2n) is 3.62. The van der Waals surface area contributed by atoms with Crippen LogP contribution in [0.1, 0.15) is 0 Å². The third-order valence-corrected chi connectivity index (χ3v) is 2.70. The van der Waals surface area contributed by atoms with E-state index in [0.717, 1.165) is 16.7 Å². The van der Waals surface area contributed by atoms with Crippen LogP contribution in [0, 0.1) is 0 Å². The molecule has 0 amide bonds. The van der Waals surface area contributed by atoms with Crippen molar-refractivity contribution in [3.63, 3.8) is 0 Å². The van der Waals surface area contributed by atoms with E-state index in [0.29, 0.717) is 0 Å². The summed E-state index contributed by atoms with van der Waals surface area (Å²) in [6.07, 6.45) is 3.34. The molecular weight excluding hydrogens is 204 g/mol. The van der Waals surface area contributed by atoms with E-state index in [9.17, 15) is 4.79 Å². The number of nitrogens with one attached hydrogen (secondary N) is 1. The largest absolute Gasteiger partial charge is 0.333 e. The zero-order chi connectivity index (χ0) is 11.1. The fourth-order valence-electron chi connectivity index (χ4n) is 1.91. The number of benzene rings is 1. The predicted molar refractivity (Wildman–Crippen MR) is 60.7 cm³/mol. The molecule has 1 aromatic carbocycles. The lowest BCUT2D eigenvalue weighted by atomic mass is 10.3. The first-order valence-corrected chi connectivity index (χ1v) is 4.94. The van der Waals surface area contributed by atoms with Gasteiger partial charge in [-0.15, -0.1) is 0 Å². The summed E-state index contributed by atoms with van der Waals surface area (Å²) in [4.78, 5) is 12.1. The average Bonchev–Trinajstić information content (AvgIpc) is 2.89. The number of para-hydroxylation sites is 2. The maximum atomic E-state index is 12.1. The molecule has 80 valence electrons. The lowest BCUT2D eigenvalue weighted by Gasteiger charge is -1.96. The zero-order valence-electron chi connectivity index (χ0n) is 8.71. The van der Waals surface area contributed by atoms with Gasteiger partial charge in [0.25, 0.3) is 0 Å². The van der Waals surface area contributed by atoms with E-state index in [1.165, 1.54) is 0 Å². The number of rotatable bonds is 1. The summed E-state index contributed by atoms with van der Waals surface area (Å²) in [5.41, 5.74) is 2.48. The van der Waals surface area contributed by atoms with Crippen molar-refractivity contribution >= 4 is 11.0 Å². The van der Waals surface area contributed by atoms with Gasteiger partial charge < -0.3 is 0 Å². The number of hydrogen-bond donors (Lipinski definition) is 1. The molecule has 0 radical (unpaired) electrons. The van der Waals surface area contributed by atoms with Crippen molar-refractivity contribution in [2.45, 2.75) is 0 Å². The first kappa shape index (κ1) is 8.96. The molecule has 1 N–H and O–H groups in total. The van der Waals surface area contributed by atoms with Crippen LogP contribution in [0.25, 0.3) is 16.7 Å². The van der Waals surface area contributed by atoms with Gasteiger partial charge in [-0.3, -0.25) is 14.2 Å². The Balaban J connectivity index is 2.50. The predicted octanol–water partition coefficient (Wildman–Crippen LogP) is 1.05. The normalized spacial score (nSPS) is 11.1. The van der Waals surface area contributed by atoms with E-state index < -0.39 is 0 Å². The second-order valence-corrected chi connectivity index (χ2v) is 3.62. The number of nitrogens with zero attached hydrogens (tertiary/aromatic N) is 3. The molecule has 0 atom stereocenters. The standard InChI is InChI=1S/C11H10N4O/c1-14-9-4-2-3-5-10(9)15(11(14)16)8-6-12-13-7-8/h2-7H,1H3,(H,12,13). The molecule has 0 aliphatic carbocycles. The Hall–Kier alpha value is -2.30. The van der Waals surface area contributed by atoms with Crippen LogP contribution >= 0.6 is 0 Å². The highest BCUT2D eigenvalue weighted by molar-refractivity contribution is 5.77. The van der Waals surface area contributed by atoms with Gasteiger partial charge in [-0.2, -0.15) is 5.10 Å². The second kappa shape index (κ2) is 3.10. The molecule has 0 fully saturated rings. The molecule has 5 heteroatoms. The van der Waals surface area contributed by atoms with Crippen LogP contribution < -0.4 is 5.69 Å². The first-order chi connectivity index (χ1) is 7.79. The lowest BCUT2D eigenvalue weighted by Crippen LogP contribution is -2.20. The molecule has 5 nitrogen and oxygen atoms in total. The Bertz CT molecular complexity index is 690. The van der Waals surface area contributed by atoms with Gasteiger partial charge >= 0.3 is 5.69 Å². The summed E-state index contributed by atoms with van der Waals surface area (Å²) >= 11 is 0. The van der Waals surface area contributed by atoms with Crippen molar-refractivity contribution < 1.29 is 0 Å². The maximum Gasteiger partial charge on any atom is 0.333 e. The molecule has 0 saturated carbocycles. The van der Waals surface area contributed by atoms with Crippen molar-refractivity contribution in [2.24, 2.45) is 7.05 Å². The van der Waals surface area contributed by atoms with Crippen LogP contribution in [-0.2, 0) is 7.05 Å². The van der Waals surface area contributed by atoms with Crippen LogP contribution in [0.4, 0.5) is 0 Å². The van der Waals surface area contributed by atoms with E-state index in [2.05, 4.69) is 10.2 Å². The van der Waals surface area contributed by atoms with Crippen LogP contribution in [0.5, 0.6) is 0 Å². The van der Waals surface area contributed by atoms with Gasteiger partial charge in [-0.1, -0.05) is 12.1 Å². The Morgan fingerprint density at radius 2 is 2.00 bits per heavy atom. The van der Waals surface area contributed by atoms with Crippen LogP contribution in [-0.4, -0.2) is 19.3 Å².